The van der Waals surface area contributed by atoms with Crippen LogP contribution in [-0.2, 0) is 19.4 Å². The highest BCUT2D eigenvalue weighted by Gasteiger charge is 2.38. The molecule has 2 N–H and O–H groups in total. The van der Waals surface area contributed by atoms with Gasteiger partial charge in [-0.1, -0.05) is 12.1 Å². The number of nitrogens with one attached hydrogen (secondary N) is 2. The van der Waals surface area contributed by atoms with E-state index in [-0.39, 0.29) is 42.3 Å². The Morgan fingerprint density at radius 2 is 2.12 bits per heavy atom. The van der Waals surface area contributed by atoms with Crippen molar-refractivity contribution < 1.29 is 18.0 Å². The maximum atomic E-state index is 12.4. The molecule has 0 aliphatic carbocycles. The molecule has 8 nitrogen and oxygen atoms in total. The van der Waals surface area contributed by atoms with E-state index in [1.807, 2.05) is 24.3 Å². The largest absolute Gasteiger partial charge is 0.352 e. The third kappa shape index (κ3) is 2.99. The van der Waals surface area contributed by atoms with Gasteiger partial charge in [0.15, 0.2) is 15.7 Å². The molecule has 0 bridgehead atoms. The molecule has 0 radical (unpaired) electrons. The molecule has 2 saturated heterocycles. The summed E-state index contributed by atoms with van der Waals surface area (Å²) in [5.41, 5.74) is 0.828. The molecule has 2 aliphatic rings. The summed E-state index contributed by atoms with van der Waals surface area (Å²) in [6, 6.07) is 7.14. The minimum Gasteiger partial charge on any atom is -0.352 e. The maximum Gasteiger partial charge on any atom is 0.229 e. The first-order valence-electron chi connectivity index (χ1n) is 8.17. The van der Waals surface area contributed by atoms with Crippen LogP contribution in [0.25, 0.3) is 10.9 Å². The molecule has 0 saturated carbocycles. The summed E-state index contributed by atoms with van der Waals surface area (Å²) in [6.07, 6.45) is 0.537. The van der Waals surface area contributed by atoms with Crippen LogP contribution in [0.15, 0.2) is 24.3 Å². The van der Waals surface area contributed by atoms with Crippen LogP contribution in [0.1, 0.15) is 12.8 Å². The van der Waals surface area contributed by atoms with Crippen molar-refractivity contribution in [2.75, 3.05) is 23.0 Å². The van der Waals surface area contributed by atoms with Gasteiger partial charge < -0.3 is 5.32 Å². The molecule has 0 spiro atoms. The predicted molar refractivity (Wildman–Crippen MR) is 91.8 cm³/mol. The summed E-state index contributed by atoms with van der Waals surface area (Å²) < 4.78 is 23.0. The number of aromatic amines is 1. The Morgan fingerprint density at radius 1 is 1.32 bits per heavy atom. The van der Waals surface area contributed by atoms with Gasteiger partial charge in [0.25, 0.3) is 0 Å². The van der Waals surface area contributed by atoms with E-state index < -0.39 is 15.8 Å². The molecule has 1 aromatic heterocycles. The summed E-state index contributed by atoms with van der Waals surface area (Å²) in [6.45, 7) is 0.249. The van der Waals surface area contributed by atoms with E-state index in [0.717, 1.165) is 10.9 Å². The van der Waals surface area contributed by atoms with E-state index in [1.54, 1.807) is 0 Å². The number of aromatic nitrogens is 2. The minimum atomic E-state index is -3.05. The number of carbonyl (C=O) groups is 2. The number of hydrogen-bond donors (Lipinski definition) is 2. The highest BCUT2D eigenvalue weighted by molar-refractivity contribution is 7.91. The fraction of sp³-hybridized carbons (Fsp3) is 0.438. The summed E-state index contributed by atoms with van der Waals surface area (Å²) in [5, 5.41) is 10.7. The maximum absolute atomic E-state index is 12.4. The van der Waals surface area contributed by atoms with Crippen molar-refractivity contribution in [1.29, 1.82) is 0 Å². The van der Waals surface area contributed by atoms with E-state index in [4.69, 9.17) is 0 Å². The van der Waals surface area contributed by atoms with Gasteiger partial charge in [-0.3, -0.25) is 19.6 Å². The van der Waals surface area contributed by atoms with Crippen molar-refractivity contribution in [3.63, 3.8) is 0 Å². The first kappa shape index (κ1) is 16.1. The van der Waals surface area contributed by atoms with E-state index in [2.05, 4.69) is 15.5 Å². The van der Waals surface area contributed by atoms with E-state index in [9.17, 15) is 18.0 Å². The third-order valence-electron chi connectivity index (χ3n) is 4.78. The zero-order valence-electron chi connectivity index (χ0n) is 13.4. The molecule has 9 heteroatoms. The Morgan fingerprint density at radius 3 is 2.88 bits per heavy atom. The van der Waals surface area contributed by atoms with Crippen molar-refractivity contribution in [2.24, 2.45) is 5.92 Å². The van der Waals surface area contributed by atoms with Crippen molar-refractivity contribution in [1.82, 2.24) is 15.5 Å². The van der Waals surface area contributed by atoms with Gasteiger partial charge in [0.2, 0.25) is 11.8 Å². The lowest BCUT2D eigenvalue weighted by molar-refractivity contribution is -0.126. The zero-order valence-corrected chi connectivity index (χ0v) is 14.3. The molecule has 4 rings (SSSR count). The second kappa shape index (κ2) is 5.83. The Bertz CT molecular complexity index is 952. The molecule has 25 heavy (non-hydrogen) atoms. The zero-order chi connectivity index (χ0) is 17.6. The summed E-state index contributed by atoms with van der Waals surface area (Å²) in [5.74, 6) is -0.306. The Balaban J connectivity index is 1.48. The van der Waals surface area contributed by atoms with Crippen molar-refractivity contribution in [3.05, 3.63) is 24.3 Å². The summed E-state index contributed by atoms with van der Waals surface area (Å²) in [7, 11) is -3.05. The van der Waals surface area contributed by atoms with E-state index >= 15 is 0 Å². The van der Waals surface area contributed by atoms with Gasteiger partial charge in [0.1, 0.15) is 0 Å². The average Bonchev–Trinajstić information content (AvgIpc) is 3.24. The number of benzene rings is 1. The molecule has 0 unspecified atom stereocenters. The number of rotatable bonds is 3. The SMILES string of the molecule is O=C(N[C@@H]1CCS(=O)(=O)C1)[C@H]1CC(=O)N(c2n[nH]c3ccccc23)C1. The van der Waals surface area contributed by atoms with Crippen LogP contribution in [0.4, 0.5) is 5.82 Å². The lowest BCUT2D eigenvalue weighted by Gasteiger charge is -2.16. The first-order valence-corrected chi connectivity index (χ1v) is 9.99. The normalized spacial score (nSPS) is 25.6. The van der Waals surface area contributed by atoms with Crippen LogP contribution in [0.2, 0.25) is 0 Å². The monoisotopic (exact) mass is 362 g/mol. The number of carbonyl (C=O) groups excluding carboxylic acids is 2. The first-order chi connectivity index (χ1) is 11.9. The smallest absolute Gasteiger partial charge is 0.229 e. The fourth-order valence-corrected chi connectivity index (χ4v) is 5.14. The van der Waals surface area contributed by atoms with Gasteiger partial charge >= 0.3 is 0 Å². The van der Waals surface area contributed by atoms with Crippen molar-refractivity contribution in [2.45, 2.75) is 18.9 Å². The second-order valence-corrected chi connectivity index (χ2v) is 8.84. The molecule has 1 aromatic carbocycles. The Labute approximate surface area is 144 Å². The number of amides is 2. The Kier molecular flexibility index (Phi) is 3.75. The molecule has 2 atom stereocenters. The van der Waals surface area contributed by atoms with Crippen molar-refractivity contribution in [3.8, 4) is 0 Å². The molecule has 2 aromatic rings. The fourth-order valence-electron chi connectivity index (χ4n) is 3.47. The van der Waals surface area contributed by atoms with Crippen LogP contribution in [0.5, 0.6) is 0 Å². The molecular formula is C16H18N4O4S. The van der Waals surface area contributed by atoms with Crippen molar-refractivity contribution >= 4 is 38.4 Å². The number of fused-ring (bicyclic) bond motifs is 1. The molecular weight excluding hydrogens is 344 g/mol. The topological polar surface area (TPSA) is 112 Å². The van der Waals surface area contributed by atoms with Gasteiger partial charge in [-0.15, -0.1) is 0 Å². The number of nitrogens with zero attached hydrogens (tertiary/aromatic N) is 2. The summed E-state index contributed by atoms with van der Waals surface area (Å²) in [4.78, 5) is 26.3. The minimum absolute atomic E-state index is 0.0207. The highest BCUT2D eigenvalue weighted by Crippen LogP contribution is 2.29. The molecule has 2 aliphatic heterocycles. The number of sulfone groups is 1. The second-order valence-electron chi connectivity index (χ2n) is 6.61. The lowest BCUT2D eigenvalue weighted by Crippen LogP contribution is -2.40. The van der Waals surface area contributed by atoms with E-state index in [0.29, 0.717) is 12.2 Å². The lowest BCUT2D eigenvalue weighted by atomic mass is 10.1. The Hall–Kier alpha value is -2.42. The highest BCUT2D eigenvalue weighted by atomic mass is 32.2. The van der Waals surface area contributed by atoms with Gasteiger partial charge in [-0.2, -0.15) is 5.10 Å². The van der Waals surface area contributed by atoms with Gasteiger partial charge in [0, 0.05) is 24.4 Å². The van der Waals surface area contributed by atoms with Crippen LogP contribution in [-0.4, -0.2) is 54.5 Å². The van der Waals surface area contributed by atoms with Crippen LogP contribution in [0.3, 0.4) is 0 Å². The van der Waals surface area contributed by atoms with Gasteiger partial charge in [-0.05, 0) is 18.6 Å². The van der Waals surface area contributed by atoms with E-state index in [1.165, 1.54) is 4.90 Å². The number of para-hydroxylation sites is 1. The molecule has 3 heterocycles. The molecule has 2 fully saturated rings. The van der Waals surface area contributed by atoms with Crippen LogP contribution < -0.4 is 10.2 Å². The number of hydrogen-bond acceptors (Lipinski definition) is 5. The average molecular weight is 362 g/mol. The molecule has 132 valence electrons. The third-order valence-corrected chi connectivity index (χ3v) is 6.55. The predicted octanol–water partition coefficient (Wildman–Crippen LogP) is 0.219. The summed E-state index contributed by atoms with van der Waals surface area (Å²) >= 11 is 0. The standard InChI is InChI=1S/C16H18N4O4S/c21-14-7-10(16(22)17-11-5-6-25(23,24)9-11)8-20(14)15-12-3-1-2-4-13(12)18-19-15/h1-4,10-11H,5-9H2,(H,17,22)(H,18,19)/t10-,11+/m0/s1. The van der Waals surface area contributed by atoms with Gasteiger partial charge in [0.05, 0.1) is 22.9 Å². The number of H-pyrrole nitrogens is 1. The molecule has 2 amide bonds. The quantitative estimate of drug-likeness (QED) is 0.811. The van der Waals surface area contributed by atoms with Crippen LogP contribution >= 0.6 is 0 Å². The van der Waals surface area contributed by atoms with Gasteiger partial charge in [-0.25, -0.2) is 8.42 Å². The number of anilines is 1. The van der Waals surface area contributed by atoms with Crippen LogP contribution in [0, 0.1) is 5.92 Å².